The Balaban J connectivity index is 2.09. The van der Waals surface area contributed by atoms with Gasteiger partial charge in [0.25, 0.3) is 11.8 Å². The number of hydrogen-bond acceptors (Lipinski definition) is 5. The van der Waals surface area contributed by atoms with Crippen LogP contribution in [0.25, 0.3) is 0 Å². The van der Waals surface area contributed by atoms with Crippen LogP contribution in [0.3, 0.4) is 0 Å². The standard InChI is InChI=1S/C17H15ClIN3O4/c1-25-14-7-10(6-13(19)16(14)26-9-15(20)23)8-21-22-17(24)11-2-4-12(18)5-3-11/h2-8H,9H2,1H3,(H2,20,23)(H,22,24)/b21-8+. The Labute approximate surface area is 168 Å². The van der Waals surface area contributed by atoms with Gasteiger partial charge in [0, 0.05) is 10.6 Å². The van der Waals surface area contributed by atoms with Crippen LogP contribution in [0.1, 0.15) is 15.9 Å². The maximum atomic E-state index is 12.0. The summed E-state index contributed by atoms with van der Waals surface area (Å²) in [5, 5.41) is 4.48. The fourth-order valence-electron chi connectivity index (χ4n) is 1.93. The number of hydrazone groups is 1. The predicted octanol–water partition coefficient (Wildman–Crippen LogP) is 2.58. The summed E-state index contributed by atoms with van der Waals surface area (Å²) >= 11 is 7.83. The lowest BCUT2D eigenvalue weighted by atomic mass is 10.2. The zero-order chi connectivity index (χ0) is 19.1. The second kappa shape index (κ2) is 9.39. The van der Waals surface area contributed by atoms with Gasteiger partial charge in [0.2, 0.25) is 0 Å². The van der Waals surface area contributed by atoms with Gasteiger partial charge in [0.1, 0.15) is 0 Å². The monoisotopic (exact) mass is 487 g/mol. The van der Waals surface area contributed by atoms with Crippen LogP contribution in [0.15, 0.2) is 41.5 Å². The predicted molar refractivity (Wildman–Crippen MR) is 107 cm³/mol. The molecule has 2 amide bonds. The fraction of sp³-hybridized carbons (Fsp3) is 0.118. The summed E-state index contributed by atoms with van der Waals surface area (Å²) in [7, 11) is 1.48. The van der Waals surface area contributed by atoms with Crippen LogP contribution in [0.4, 0.5) is 0 Å². The average molecular weight is 488 g/mol. The molecule has 0 unspecified atom stereocenters. The maximum Gasteiger partial charge on any atom is 0.271 e. The van der Waals surface area contributed by atoms with Crippen LogP contribution in [0.2, 0.25) is 5.02 Å². The number of methoxy groups -OCH3 is 1. The van der Waals surface area contributed by atoms with Crippen LogP contribution in [-0.4, -0.2) is 31.7 Å². The van der Waals surface area contributed by atoms with Gasteiger partial charge >= 0.3 is 0 Å². The molecule has 9 heteroatoms. The Kier molecular flexibility index (Phi) is 7.22. The highest BCUT2D eigenvalue weighted by molar-refractivity contribution is 14.1. The van der Waals surface area contributed by atoms with Gasteiger partial charge in [-0.2, -0.15) is 5.10 Å². The first-order valence-corrected chi connectivity index (χ1v) is 8.74. The highest BCUT2D eigenvalue weighted by atomic mass is 127. The third-order valence-corrected chi connectivity index (χ3v) is 4.15. The SMILES string of the molecule is COc1cc(/C=N/NC(=O)c2ccc(Cl)cc2)cc(I)c1OCC(N)=O. The second-order valence-corrected chi connectivity index (χ2v) is 6.59. The summed E-state index contributed by atoms with van der Waals surface area (Å²) in [5.41, 5.74) is 8.63. The minimum atomic E-state index is -0.585. The van der Waals surface area contributed by atoms with Crippen molar-refractivity contribution in [3.05, 3.63) is 56.1 Å². The summed E-state index contributed by atoms with van der Waals surface area (Å²) in [4.78, 5) is 22.9. The Bertz CT molecular complexity index is 841. The van der Waals surface area contributed by atoms with Gasteiger partial charge in [-0.3, -0.25) is 9.59 Å². The molecule has 0 heterocycles. The molecular weight excluding hydrogens is 473 g/mol. The van der Waals surface area contributed by atoms with E-state index in [0.29, 0.717) is 31.2 Å². The van der Waals surface area contributed by atoms with Crippen molar-refractivity contribution in [3.8, 4) is 11.5 Å². The number of amides is 2. The Morgan fingerprint density at radius 2 is 2.00 bits per heavy atom. The van der Waals surface area contributed by atoms with Crippen molar-refractivity contribution in [1.29, 1.82) is 0 Å². The van der Waals surface area contributed by atoms with E-state index in [4.69, 9.17) is 26.8 Å². The third-order valence-electron chi connectivity index (χ3n) is 3.10. The molecule has 0 aliphatic heterocycles. The van der Waals surface area contributed by atoms with Gasteiger partial charge in [0.15, 0.2) is 18.1 Å². The normalized spacial score (nSPS) is 10.6. The van der Waals surface area contributed by atoms with Gasteiger partial charge in [-0.1, -0.05) is 11.6 Å². The first kappa shape index (κ1) is 20.0. The molecular formula is C17H15ClIN3O4. The zero-order valence-electron chi connectivity index (χ0n) is 13.7. The average Bonchev–Trinajstić information content (AvgIpc) is 2.60. The largest absolute Gasteiger partial charge is 0.493 e. The zero-order valence-corrected chi connectivity index (χ0v) is 16.6. The highest BCUT2D eigenvalue weighted by Gasteiger charge is 2.12. The lowest BCUT2D eigenvalue weighted by molar-refractivity contribution is -0.119. The van der Waals surface area contributed by atoms with Crippen LogP contribution < -0.4 is 20.6 Å². The molecule has 0 fully saturated rings. The van der Waals surface area contributed by atoms with Crippen molar-refractivity contribution in [1.82, 2.24) is 5.43 Å². The number of carbonyl (C=O) groups excluding carboxylic acids is 2. The van der Waals surface area contributed by atoms with Crippen molar-refractivity contribution >= 4 is 52.2 Å². The van der Waals surface area contributed by atoms with E-state index in [2.05, 4.69) is 10.5 Å². The topological polar surface area (TPSA) is 103 Å². The quantitative estimate of drug-likeness (QED) is 0.356. The van der Waals surface area contributed by atoms with E-state index in [9.17, 15) is 9.59 Å². The molecule has 0 radical (unpaired) electrons. The van der Waals surface area contributed by atoms with E-state index in [-0.39, 0.29) is 12.5 Å². The summed E-state index contributed by atoms with van der Waals surface area (Å²) in [6.45, 7) is -0.253. The van der Waals surface area contributed by atoms with E-state index in [1.165, 1.54) is 13.3 Å². The van der Waals surface area contributed by atoms with Crippen LogP contribution in [0, 0.1) is 3.57 Å². The van der Waals surface area contributed by atoms with Gasteiger partial charge in [0.05, 0.1) is 16.9 Å². The molecule has 0 saturated heterocycles. The van der Waals surface area contributed by atoms with Gasteiger partial charge < -0.3 is 15.2 Å². The smallest absolute Gasteiger partial charge is 0.271 e. The van der Waals surface area contributed by atoms with Crippen molar-refractivity contribution in [2.75, 3.05) is 13.7 Å². The second-order valence-electron chi connectivity index (χ2n) is 5.00. The number of rotatable bonds is 7. The first-order valence-electron chi connectivity index (χ1n) is 7.28. The van der Waals surface area contributed by atoms with Crippen molar-refractivity contribution < 1.29 is 19.1 Å². The molecule has 7 nitrogen and oxygen atoms in total. The van der Waals surface area contributed by atoms with Crippen LogP contribution in [-0.2, 0) is 4.79 Å². The number of nitrogens with two attached hydrogens (primary N) is 1. The molecule has 136 valence electrons. The van der Waals surface area contributed by atoms with Gasteiger partial charge in [-0.25, -0.2) is 5.43 Å². The number of hydrogen-bond donors (Lipinski definition) is 2. The van der Waals surface area contributed by atoms with Crippen LogP contribution in [0.5, 0.6) is 11.5 Å². The van der Waals surface area contributed by atoms with Crippen molar-refractivity contribution in [2.45, 2.75) is 0 Å². The molecule has 3 N–H and O–H groups in total. The molecule has 0 aliphatic rings. The van der Waals surface area contributed by atoms with Crippen molar-refractivity contribution in [2.24, 2.45) is 10.8 Å². The molecule has 2 aromatic carbocycles. The molecule has 0 atom stereocenters. The number of primary amides is 1. The minimum absolute atomic E-state index is 0.253. The van der Waals surface area contributed by atoms with E-state index in [1.54, 1.807) is 36.4 Å². The molecule has 0 aromatic heterocycles. The summed E-state index contributed by atoms with van der Waals surface area (Å²) < 4.78 is 11.3. The van der Waals surface area contributed by atoms with E-state index >= 15 is 0 Å². The molecule has 2 aromatic rings. The summed E-state index contributed by atoms with van der Waals surface area (Å²) in [6, 6.07) is 9.87. The number of nitrogens with zero attached hydrogens (tertiary/aromatic N) is 1. The molecule has 0 spiro atoms. The van der Waals surface area contributed by atoms with Gasteiger partial charge in [-0.05, 0) is 64.6 Å². The number of halogens is 2. The van der Waals surface area contributed by atoms with Gasteiger partial charge in [-0.15, -0.1) is 0 Å². The highest BCUT2D eigenvalue weighted by Crippen LogP contribution is 2.33. The first-order chi connectivity index (χ1) is 12.4. The van der Waals surface area contributed by atoms with E-state index in [1.807, 2.05) is 22.6 Å². The molecule has 26 heavy (non-hydrogen) atoms. The fourth-order valence-corrected chi connectivity index (χ4v) is 2.84. The number of benzene rings is 2. The number of carbonyl (C=O) groups is 2. The molecule has 0 saturated carbocycles. The Morgan fingerprint density at radius 3 is 2.62 bits per heavy atom. The van der Waals surface area contributed by atoms with Crippen LogP contribution >= 0.6 is 34.2 Å². The number of nitrogens with one attached hydrogen (secondary N) is 1. The molecule has 2 rings (SSSR count). The van der Waals surface area contributed by atoms with E-state index in [0.717, 1.165) is 0 Å². The summed E-state index contributed by atoms with van der Waals surface area (Å²) in [5.74, 6) is -0.114. The minimum Gasteiger partial charge on any atom is -0.493 e. The third kappa shape index (κ3) is 5.60. The Hall–Kier alpha value is -2.33. The van der Waals surface area contributed by atoms with Crippen molar-refractivity contribution in [3.63, 3.8) is 0 Å². The van der Waals surface area contributed by atoms with E-state index < -0.39 is 5.91 Å². The molecule has 0 aliphatic carbocycles. The summed E-state index contributed by atoms with van der Waals surface area (Å²) in [6.07, 6.45) is 1.47. The Morgan fingerprint density at radius 1 is 1.31 bits per heavy atom. The number of ether oxygens (including phenoxy) is 2. The lowest BCUT2D eigenvalue weighted by Gasteiger charge is -2.12. The maximum absolute atomic E-state index is 12.0. The molecule has 0 bridgehead atoms. The lowest BCUT2D eigenvalue weighted by Crippen LogP contribution is -2.20.